The average molecular weight is 510 g/mol. The van der Waals surface area contributed by atoms with Crippen LogP contribution in [-0.2, 0) is 15.7 Å². The molecule has 2 aliphatic rings. The lowest BCUT2D eigenvalue weighted by atomic mass is 9.98. The van der Waals surface area contributed by atoms with E-state index in [4.69, 9.17) is 4.74 Å². The van der Waals surface area contributed by atoms with Crippen LogP contribution in [-0.4, -0.2) is 72.4 Å². The molecule has 1 amide bonds. The highest BCUT2D eigenvalue weighted by molar-refractivity contribution is 7.99. The largest absolute Gasteiger partial charge is 0.416 e. The van der Waals surface area contributed by atoms with Gasteiger partial charge in [-0.15, -0.1) is 11.8 Å². The Morgan fingerprint density at radius 1 is 1.03 bits per heavy atom. The molecule has 0 aliphatic carbocycles. The van der Waals surface area contributed by atoms with Gasteiger partial charge in [-0.2, -0.15) is 13.2 Å². The van der Waals surface area contributed by atoms with Crippen LogP contribution in [0.25, 0.3) is 10.9 Å². The highest BCUT2D eigenvalue weighted by Gasteiger charge is 2.31. The maximum absolute atomic E-state index is 12.9. The third-order valence-electron chi connectivity index (χ3n) is 6.91. The number of halogens is 3. The maximum atomic E-state index is 12.9. The standard InChI is InChI=1S/C26H34F3N3O2S/c27-26(28,29)21-5-6-22-23(19-21)30-10-7-24(22)35-18-4-2-1-3-11-31-12-14-32(15-13-31)25(33)20-8-16-34-17-9-20/h5-7,10,19-20H,1-4,8-9,11-18H2. The van der Waals surface area contributed by atoms with E-state index in [0.717, 1.165) is 99.4 Å². The number of ether oxygens (including phenoxy) is 1. The molecule has 192 valence electrons. The van der Waals surface area contributed by atoms with Gasteiger partial charge in [0.1, 0.15) is 0 Å². The molecule has 0 spiro atoms. The number of benzene rings is 1. The van der Waals surface area contributed by atoms with E-state index in [1.54, 1.807) is 18.0 Å². The smallest absolute Gasteiger partial charge is 0.381 e. The fourth-order valence-corrected chi connectivity index (χ4v) is 5.85. The lowest BCUT2D eigenvalue weighted by Crippen LogP contribution is -2.51. The van der Waals surface area contributed by atoms with Gasteiger partial charge in [0.15, 0.2) is 0 Å². The number of aromatic nitrogens is 1. The second-order valence-corrected chi connectivity index (χ2v) is 10.5. The molecule has 2 fully saturated rings. The van der Waals surface area contributed by atoms with Crippen LogP contribution >= 0.6 is 11.8 Å². The lowest BCUT2D eigenvalue weighted by molar-refractivity contribution is -0.140. The summed E-state index contributed by atoms with van der Waals surface area (Å²) in [5, 5.41) is 0.778. The van der Waals surface area contributed by atoms with E-state index >= 15 is 0 Å². The van der Waals surface area contributed by atoms with Crippen molar-refractivity contribution >= 4 is 28.6 Å². The number of hydrogen-bond donors (Lipinski definition) is 0. The van der Waals surface area contributed by atoms with Crippen molar-refractivity contribution in [2.45, 2.75) is 49.6 Å². The second kappa shape index (κ2) is 12.4. The highest BCUT2D eigenvalue weighted by Crippen LogP contribution is 2.34. The third-order valence-corrected chi connectivity index (χ3v) is 8.07. The van der Waals surface area contributed by atoms with Crippen LogP contribution in [0.1, 0.15) is 44.1 Å². The van der Waals surface area contributed by atoms with E-state index in [1.807, 2.05) is 11.0 Å². The number of fused-ring (bicyclic) bond motifs is 1. The van der Waals surface area contributed by atoms with Gasteiger partial charge in [-0.1, -0.05) is 18.9 Å². The number of unbranched alkanes of at least 4 members (excludes halogenated alkanes) is 3. The van der Waals surface area contributed by atoms with Crippen molar-refractivity contribution in [2.24, 2.45) is 5.92 Å². The van der Waals surface area contributed by atoms with Crippen LogP contribution in [0.15, 0.2) is 35.4 Å². The number of amides is 1. The second-order valence-electron chi connectivity index (χ2n) is 9.36. The quantitative estimate of drug-likeness (QED) is 0.331. The van der Waals surface area contributed by atoms with Gasteiger partial charge in [-0.25, -0.2) is 0 Å². The Labute approximate surface area is 209 Å². The number of pyridine rings is 1. The first kappa shape index (κ1) is 26.2. The molecule has 0 N–H and O–H groups in total. The van der Waals surface area contributed by atoms with E-state index in [0.29, 0.717) is 24.6 Å². The van der Waals surface area contributed by atoms with Crippen molar-refractivity contribution < 1.29 is 22.7 Å². The van der Waals surface area contributed by atoms with E-state index in [1.165, 1.54) is 6.07 Å². The molecule has 0 bridgehead atoms. The molecule has 2 aliphatic heterocycles. The predicted molar refractivity (Wildman–Crippen MR) is 132 cm³/mol. The summed E-state index contributed by atoms with van der Waals surface area (Å²) >= 11 is 1.69. The van der Waals surface area contributed by atoms with Crippen LogP contribution in [0.3, 0.4) is 0 Å². The zero-order valence-electron chi connectivity index (χ0n) is 20.1. The minimum Gasteiger partial charge on any atom is -0.381 e. The summed E-state index contributed by atoms with van der Waals surface area (Å²) in [6.07, 6.45) is 3.46. The number of rotatable bonds is 9. The van der Waals surface area contributed by atoms with Crippen molar-refractivity contribution in [2.75, 3.05) is 51.7 Å². The molecule has 0 unspecified atom stereocenters. The maximum Gasteiger partial charge on any atom is 0.416 e. The summed E-state index contributed by atoms with van der Waals surface area (Å²) in [7, 11) is 0. The Morgan fingerprint density at radius 3 is 2.51 bits per heavy atom. The highest BCUT2D eigenvalue weighted by atomic mass is 32.2. The zero-order chi connectivity index (χ0) is 24.7. The molecule has 0 saturated carbocycles. The summed E-state index contributed by atoms with van der Waals surface area (Å²) in [5.41, 5.74) is -0.272. The molecule has 0 radical (unpaired) electrons. The number of carbonyl (C=O) groups excluding carboxylic acids is 1. The molecule has 35 heavy (non-hydrogen) atoms. The van der Waals surface area contributed by atoms with E-state index in [2.05, 4.69) is 9.88 Å². The predicted octanol–water partition coefficient (Wildman–Crippen LogP) is 5.48. The first-order valence-electron chi connectivity index (χ1n) is 12.6. The van der Waals surface area contributed by atoms with Crippen LogP contribution in [0, 0.1) is 5.92 Å². The molecule has 2 aromatic rings. The first-order valence-corrected chi connectivity index (χ1v) is 13.6. The van der Waals surface area contributed by atoms with Crippen LogP contribution in [0.2, 0.25) is 0 Å². The van der Waals surface area contributed by atoms with Crippen LogP contribution < -0.4 is 0 Å². The Hall–Kier alpha value is -1.84. The number of carbonyl (C=O) groups is 1. The third kappa shape index (κ3) is 7.33. The van der Waals surface area contributed by atoms with E-state index in [-0.39, 0.29) is 5.92 Å². The lowest BCUT2D eigenvalue weighted by Gasteiger charge is -2.37. The van der Waals surface area contributed by atoms with Crippen molar-refractivity contribution in [3.63, 3.8) is 0 Å². The number of alkyl halides is 3. The molecule has 5 nitrogen and oxygen atoms in total. The van der Waals surface area contributed by atoms with Crippen molar-refractivity contribution in [1.29, 1.82) is 0 Å². The summed E-state index contributed by atoms with van der Waals surface area (Å²) in [6, 6.07) is 5.67. The Bertz CT molecular complexity index is 974. The number of nitrogens with zero attached hydrogens (tertiary/aromatic N) is 3. The number of hydrogen-bond acceptors (Lipinski definition) is 5. The minimum absolute atomic E-state index is 0.149. The zero-order valence-corrected chi connectivity index (χ0v) is 20.9. The van der Waals surface area contributed by atoms with E-state index in [9.17, 15) is 18.0 Å². The average Bonchev–Trinajstić information content (AvgIpc) is 2.88. The molecule has 3 heterocycles. The minimum atomic E-state index is -4.35. The Morgan fingerprint density at radius 2 is 1.77 bits per heavy atom. The van der Waals surface area contributed by atoms with E-state index < -0.39 is 11.7 Å². The van der Waals surface area contributed by atoms with Crippen molar-refractivity contribution in [3.8, 4) is 0 Å². The van der Waals surface area contributed by atoms with Crippen molar-refractivity contribution in [3.05, 3.63) is 36.0 Å². The van der Waals surface area contributed by atoms with Gasteiger partial charge < -0.3 is 9.64 Å². The fraction of sp³-hybridized carbons (Fsp3) is 0.615. The Kier molecular flexibility index (Phi) is 9.30. The summed E-state index contributed by atoms with van der Waals surface area (Å²) in [5.74, 6) is 1.40. The molecule has 1 aromatic carbocycles. The molecule has 2 saturated heterocycles. The topological polar surface area (TPSA) is 45.7 Å². The molecule has 9 heteroatoms. The van der Waals surface area contributed by atoms with Crippen LogP contribution in [0.5, 0.6) is 0 Å². The van der Waals surface area contributed by atoms with Gasteiger partial charge in [0.05, 0.1) is 11.1 Å². The molecular weight excluding hydrogens is 475 g/mol. The van der Waals surface area contributed by atoms with Gasteiger partial charge in [0, 0.05) is 61.8 Å². The normalized spacial score (nSPS) is 18.3. The van der Waals surface area contributed by atoms with Crippen molar-refractivity contribution in [1.82, 2.24) is 14.8 Å². The Balaban J connectivity index is 1.10. The molecule has 4 rings (SSSR count). The number of piperazine rings is 1. The van der Waals surface area contributed by atoms with Gasteiger partial charge in [-0.3, -0.25) is 14.7 Å². The monoisotopic (exact) mass is 509 g/mol. The summed E-state index contributed by atoms with van der Waals surface area (Å²) in [6.45, 7) is 6.05. The van der Waals surface area contributed by atoms with Gasteiger partial charge in [0.25, 0.3) is 0 Å². The van der Waals surface area contributed by atoms with Gasteiger partial charge in [0.2, 0.25) is 5.91 Å². The molecular formula is C26H34F3N3O2S. The SMILES string of the molecule is O=C(C1CCOCC1)N1CCN(CCCCCCSc2ccnc3cc(C(F)(F)F)ccc23)CC1. The fourth-order valence-electron chi connectivity index (χ4n) is 4.79. The van der Waals surface area contributed by atoms with Crippen LogP contribution in [0.4, 0.5) is 13.2 Å². The molecule has 1 aromatic heterocycles. The number of thioether (sulfide) groups is 1. The van der Waals surface area contributed by atoms with Gasteiger partial charge in [-0.05, 0) is 56.2 Å². The summed E-state index contributed by atoms with van der Waals surface area (Å²) < 4.78 is 44.2. The van der Waals surface area contributed by atoms with Gasteiger partial charge >= 0.3 is 6.18 Å². The summed E-state index contributed by atoms with van der Waals surface area (Å²) in [4.78, 5) is 22.3. The molecule has 0 atom stereocenters. The first-order chi connectivity index (χ1) is 16.9.